The van der Waals surface area contributed by atoms with Crippen LogP contribution in [0.5, 0.6) is 5.75 Å². The van der Waals surface area contributed by atoms with Crippen molar-refractivity contribution in [2.24, 2.45) is 5.10 Å². The molecule has 0 radical (unpaired) electrons. The maximum absolute atomic E-state index is 12.9. The number of aryl methyl sites for hydroxylation is 1. The topological polar surface area (TPSA) is 56.5 Å². The van der Waals surface area contributed by atoms with Gasteiger partial charge in [-0.3, -0.25) is 4.79 Å². The van der Waals surface area contributed by atoms with E-state index in [4.69, 9.17) is 27.9 Å². The van der Waals surface area contributed by atoms with Crippen molar-refractivity contribution < 1.29 is 4.74 Å². The van der Waals surface area contributed by atoms with Gasteiger partial charge in [0.1, 0.15) is 18.2 Å². The van der Waals surface area contributed by atoms with Crippen molar-refractivity contribution in [1.29, 1.82) is 0 Å². The van der Waals surface area contributed by atoms with E-state index in [-0.39, 0.29) is 5.56 Å². The lowest BCUT2D eigenvalue weighted by molar-refractivity contribution is 0.302. The first kappa shape index (κ1) is 24.9. The third-order valence-corrected chi connectivity index (χ3v) is 7.38. The molecular weight excluding hydrogens is 755 g/mol. The Balaban J connectivity index is 1.60. The molecule has 33 heavy (non-hydrogen) atoms. The summed E-state index contributed by atoms with van der Waals surface area (Å²) in [5, 5.41) is 6.05. The third-order valence-electron chi connectivity index (χ3n) is 4.70. The van der Waals surface area contributed by atoms with E-state index in [1.54, 1.807) is 31.3 Å². The van der Waals surface area contributed by atoms with Crippen molar-refractivity contribution in [2.75, 3.05) is 0 Å². The third kappa shape index (κ3) is 5.72. The molecule has 1 heterocycles. The number of hydrogen-bond donors (Lipinski definition) is 0. The highest BCUT2D eigenvalue weighted by Gasteiger charge is 2.11. The second kappa shape index (κ2) is 10.6. The molecule has 1 aromatic heterocycles. The monoisotopic (exact) mass is 767 g/mol. The van der Waals surface area contributed by atoms with E-state index in [1.165, 1.54) is 4.68 Å². The van der Waals surface area contributed by atoms with Gasteiger partial charge in [-0.25, -0.2) is 4.98 Å². The summed E-state index contributed by atoms with van der Waals surface area (Å²) in [6, 6.07) is 14.6. The zero-order valence-electron chi connectivity index (χ0n) is 17.0. The van der Waals surface area contributed by atoms with Crippen LogP contribution in [0.1, 0.15) is 17.0 Å². The first-order valence-electron chi connectivity index (χ1n) is 9.52. The average molecular weight is 769 g/mol. The number of rotatable bonds is 5. The fourth-order valence-electron chi connectivity index (χ4n) is 3.10. The van der Waals surface area contributed by atoms with Gasteiger partial charge in [-0.2, -0.15) is 9.78 Å². The molecule has 0 aliphatic carbocycles. The largest absolute Gasteiger partial charge is 0.487 e. The van der Waals surface area contributed by atoms with Gasteiger partial charge in [0.25, 0.3) is 5.56 Å². The molecule has 3 aromatic carbocycles. The van der Waals surface area contributed by atoms with Gasteiger partial charge in [0.15, 0.2) is 0 Å². The Morgan fingerprint density at radius 1 is 1.12 bits per heavy atom. The number of aromatic nitrogens is 2. The Bertz CT molecular complexity index is 1450. The maximum atomic E-state index is 12.9. The van der Waals surface area contributed by atoms with Crippen molar-refractivity contribution in [3.8, 4) is 5.75 Å². The number of fused-ring (bicyclic) bond motifs is 1. The van der Waals surface area contributed by atoms with E-state index in [1.807, 2.05) is 30.3 Å². The first-order chi connectivity index (χ1) is 15.7. The lowest BCUT2D eigenvalue weighted by atomic mass is 10.2. The quantitative estimate of drug-likeness (QED) is 0.157. The highest BCUT2D eigenvalue weighted by atomic mass is 127. The average Bonchev–Trinajstić information content (AvgIpc) is 2.75. The maximum Gasteiger partial charge on any atom is 0.282 e. The molecule has 0 bridgehead atoms. The molecule has 0 unspecified atom stereocenters. The highest BCUT2D eigenvalue weighted by Crippen LogP contribution is 2.30. The minimum Gasteiger partial charge on any atom is -0.487 e. The number of halogens is 5. The molecule has 0 fully saturated rings. The lowest BCUT2D eigenvalue weighted by Gasteiger charge is -2.12. The van der Waals surface area contributed by atoms with Crippen LogP contribution in [0.25, 0.3) is 10.9 Å². The van der Waals surface area contributed by atoms with Crippen LogP contribution in [0.15, 0.2) is 62.9 Å². The zero-order chi connectivity index (χ0) is 23.7. The van der Waals surface area contributed by atoms with Gasteiger partial charge in [0.05, 0.1) is 24.3 Å². The molecule has 0 aliphatic rings. The molecule has 0 N–H and O–H groups in total. The summed E-state index contributed by atoms with van der Waals surface area (Å²) in [7, 11) is 0. The second-order valence-corrected chi connectivity index (χ2v) is 11.1. The van der Waals surface area contributed by atoms with Crippen LogP contribution in [-0.2, 0) is 6.61 Å². The summed E-state index contributed by atoms with van der Waals surface area (Å²) < 4.78 is 9.98. The molecule has 0 spiro atoms. The second-order valence-electron chi connectivity index (χ2n) is 7.02. The first-order valence-corrected chi connectivity index (χ1v) is 13.2. The smallest absolute Gasteiger partial charge is 0.282 e. The van der Waals surface area contributed by atoms with Gasteiger partial charge in [-0.05, 0) is 100 Å². The Hall–Kier alpha value is -1.21. The van der Waals surface area contributed by atoms with E-state index in [0.29, 0.717) is 33.4 Å². The molecule has 4 rings (SSSR count). The summed E-state index contributed by atoms with van der Waals surface area (Å²) in [6.45, 7) is 2.08. The number of nitrogens with zero attached hydrogens (tertiary/aromatic N) is 3. The molecule has 168 valence electrons. The Labute approximate surface area is 235 Å². The van der Waals surface area contributed by atoms with Crippen LogP contribution in [-0.4, -0.2) is 15.9 Å². The highest BCUT2D eigenvalue weighted by molar-refractivity contribution is 14.1. The van der Waals surface area contributed by atoms with E-state index >= 15 is 0 Å². The van der Waals surface area contributed by atoms with Crippen molar-refractivity contribution >= 4 is 101 Å². The summed E-state index contributed by atoms with van der Waals surface area (Å²) in [6.07, 6.45) is 1.64. The molecule has 0 atom stereocenters. The predicted octanol–water partition coefficient (Wildman–Crippen LogP) is 7.44. The van der Waals surface area contributed by atoms with Crippen molar-refractivity contribution in [3.63, 3.8) is 0 Å². The fraction of sp³-hybridized carbons (Fsp3) is 0.0870. The van der Waals surface area contributed by atoms with E-state index in [2.05, 4.69) is 71.2 Å². The van der Waals surface area contributed by atoms with Gasteiger partial charge in [0.2, 0.25) is 0 Å². The summed E-state index contributed by atoms with van der Waals surface area (Å²) in [4.78, 5) is 17.4. The summed E-state index contributed by atoms with van der Waals surface area (Å²) >= 11 is 20.1. The Morgan fingerprint density at radius 2 is 1.85 bits per heavy atom. The van der Waals surface area contributed by atoms with E-state index < -0.39 is 0 Å². The van der Waals surface area contributed by atoms with Crippen LogP contribution in [0, 0.1) is 14.1 Å². The van der Waals surface area contributed by atoms with Crippen LogP contribution < -0.4 is 10.3 Å². The number of hydrogen-bond acceptors (Lipinski definition) is 4. The number of ether oxygens (including phenoxy) is 1. The Kier molecular flexibility index (Phi) is 7.99. The van der Waals surface area contributed by atoms with E-state index in [9.17, 15) is 4.79 Å². The molecule has 10 heteroatoms. The molecule has 0 amide bonds. The standard InChI is InChI=1S/C23H14BrCl2I2N3O2/c1-12-30-21-5-3-15(24)8-17(21)23(32)31(12)29-10-13-6-19(27)22(20(28)7-13)33-11-14-2-4-16(25)9-18(14)26/h2-10H,11H2,1H3. The minimum absolute atomic E-state index is 0.223. The SMILES string of the molecule is Cc1nc2ccc(Br)cc2c(=O)n1N=Cc1cc(I)c(OCc2ccc(Cl)cc2Cl)c(I)c1. The molecule has 5 nitrogen and oxygen atoms in total. The van der Waals surface area contributed by atoms with Crippen LogP contribution >= 0.6 is 84.3 Å². The minimum atomic E-state index is -0.223. The molecule has 0 saturated heterocycles. The summed E-state index contributed by atoms with van der Waals surface area (Å²) in [5.41, 5.74) is 2.10. The lowest BCUT2D eigenvalue weighted by Crippen LogP contribution is -2.20. The van der Waals surface area contributed by atoms with Gasteiger partial charge >= 0.3 is 0 Å². The molecule has 0 saturated carbocycles. The predicted molar refractivity (Wildman–Crippen MR) is 154 cm³/mol. The Morgan fingerprint density at radius 3 is 2.55 bits per heavy atom. The van der Waals surface area contributed by atoms with Crippen molar-refractivity contribution in [2.45, 2.75) is 13.5 Å². The van der Waals surface area contributed by atoms with Crippen LogP contribution in [0.4, 0.5) is 0 Å². The molecule has 4 aromatic rings. The van der Waals surface area contributed by atoms with Crippen LogP contribution in [0.3, 0.4) is 0 Å². The number of benzene rings is 3. The fourth-order valence-corrected chi connectivity index (χ4v) is 6.05. The summed E-state index contributed by atoms with van der Waals surface area (Å²) in [5.74, 6) is 1.26. The van der Waals surface area contributed by atoms with Crippen LogP contribution in [0.2, 0.25) is 10.0 Å². The van der Waals surface area contributed by atoms with Gasteiger partial charge in [-0.15, -0.1) is 0 Å². The molecular formula is C23H14BrCl2I2N3O2. The van der Waals surface area contributed by atoms with Crippen molar-refractivity contribution in [1.82, 2.24) is 9.66 Å². The van der Waals surface area contributed by atoms with Gasteiger partial charge in [0, 0.05) is 20.1 Å². The van der Waals surface area contributed by atoms with E-state index in [0.717, 1.165) is 28.5 Å². The molecule has 0 aliphatic heterocycles. The van der Waals surface area contributed by atoms with Gasteiger partial charge < -0.3 is 4.74 Å². The zero-order valence-corrected chi connectivity index (χ0v) is 24.4. The van der Waals surface area contributed by atoms with Gasteiger partial charge in [-0.1, -0.05) is 45.2 Å². The van der Waals surface area contributed by atoms with Crippen molar-refractivity contribution in [3.05, 3.63) is 97.5 Å². The normalized spacial score (nSPS) is 11.5.